The highest BCUT2D eigenvalue weighted by Crippen LogP contribution is 2.36. The largest absolute Gasteiger partial charge is 0.444 e. The van der Waals surface area contributed by atoms with E-state index in [1.807, 2.05) is 105 Å². The lowest BCUT2D eigenvalue weighted by Crippen LogP contribution is -2.64. The van der Waals surface area contributed by atoms with Crippen LogP contribution < -0.4 is 16.0 Å². The predicted octanol–water partition coefficient (Wildman–Crippen LogP) is 6.00. The van der Waals surface area contributed by atoms with E-state index in [-0.39, 0.29) is 41.6 Å². The summed E-state index contributed by atoms with van der Waals surface area (Å²) in [6, 6.07) is 7.73. The van der Waals surface area contributed by atoms with Gasteiger partial charge in [-0.2, -0.15) is 5.06 Å². The van der Waals surface area contributed by atoms with Crippen molar-refractivity contribution in [1.82, 2.24) is 25.9 Å². The van der Waals surface area contributed by atoms with Gasteiger partial charge in [-0.1, -0.05) is 70.2 Å². The van der Waals surface area contributed by atoms with E-state index >= 15 is 0 Å². The quantitative estimate of drug-likeness (QED) is 0.184. The van der Waals surface area contributed by atoms with Gasteiger partial charge in [0.15, 0.2) is 0 Å². The Hall–Kier alpha value is -3.44. The van der Waals surface area contributed by atoms with Crippen LogP contribution in [0.3, 0.4) is 0 Å². The molecule has 11 nitrogen and oxygen atoms in total. The van der Waals surface area contributed by atoms with Crippen molar-refractivity contribution in [2.45, 2.75) is 156 Å². The van der Waals surface area contributed by atoms with Crippen LogP contribution in [0.25, 0.3) is 0 Å². The van der Waals surface area contributed by atoms with Crippen LogP contribution in [0.5, 0.6) is 0 Å². The van der Waals surface area contributed by atoms with Crippen molar-refractivity contribution in [3.8, 4) is 0 Å². The van der Waals surface area contributed by atoms with Crippen molar-refractivity contribution < 1.29 is 29.1 Å². The van der Waals surface area contributed by atoms with E-state index in [0.29, 0.717) is 45.1 Å². The van der Waals surface area contributed by atoms with Gasteiger partial charge in [-0.25, -0.2) is 4.79 Å². The van der Waals surface area contributed by atoms with Gasteiger partial charge >= 0.3 is 6.09 Å². The third-order valence-electron chi connectivity index (χ3n) is 9.69. The minimum atomic E-state index is -0.788. The zero-order valence-corrected chi connectivity index (χ0v) is 32.9. The lowest BCUT2D eigenvalue weighted by atomic mass is 9.79. The number of piperidine rings is 1. The highest BCUT2D eigenvalue weighted by molar-refractivity contribution is 5.93. The molecule has 286 valence electrons. The number of hydroxylamine groups is 2. The third-order valence-corrected chi connectivity index (χ3v) is 9.69. The Morgan fingerprint density at radius 3 is 2.12 bits per heavy atom. The lowest BCUT2D eigenvalue weighted by molar-refractivity contribution is -0.246. The summed E-state index contributed by atoms with van der Waals surface area (Å²) in [7, 11) is 0. The highest BCUT2D eigenvalue weighted by Gasteiger charge is 2.46. The number of hydrogen-bond acceptors (Lipinski definition) is 7. The van der Waals surface area contributed by atoms with E-state index in [0.717, 1.165) is 5.56 Å². The molecule has 0 spiro atoms. The number of nitrogens with one attached hydrogen (secondary N) is 3. The Balaban J connectivity index is 1.80. The van der Waals surface area contributed by atoms with Gasteiger partial charge < -0.3 is 30.8 Å². The second-order valence-electron chi connectivity index (χ2n) is 17.5. The molecule has 0 radical (unpaired) electrons. The maximum atomic E-state index is 14.4. The maximum Gasteiger partial charge on any atom is 0.408 e. The molecule has 2 fully saturated rings. The monoisotopic (exact) mass is 711 g/mol. The molecule has 2 aliphatic rings. The normalized spacial score (nSPS) is 21.4. The molecule has 2 saturated heterocycles. The first-order valence-electron chi connectivity index (χ1n) is 18.7. The summed E-state index contributed by atoms with van der Waals surface area (Å²) in [6.07, 6.45) is 6.59. The molecule has 4 N–H and O–H groups in total. The molecule has 4 atom stereocenters. The molecule has 1 aromatic carbocycles. The molecule has 11 heteroatoms. The number of ether oxygens (including phenoxy) is 1. The summed E-state index contributed by atoms with van der Waals surface area (Å²) in [5.74, 6) is -1.27. The number of hydrogen-bond donors (Lipinski definition) is 4. The van der Waals surface area contributed by atoms with Crippen LogP contribution in [0.4, 0.5) is 4.79 Å². The van der Waals surface area contributed by atoms with Gasteiger partial charge in [0, 0.05) is 23.7 Å². The molecule has 2 heterocycles. The summed E-state index contributed by atoms with van der Waals surface area (Å²) in [4.78, 5) is 56.3. The van der Waals surface area contributed by atoms with Crippen molar-refractivity contribution in [3.05, 3.63) is 48.0 Å². The molecule has 4 amide bonds. The van der Waals surface area contributed by atoms with E-state index in [4.69, 9.17) is 4.74 Å². The number of carbonyl (C=O) groups excluding carboxylic acids is 4. The topological polar surface area (TPSA) is 140 Å². The summed E-state index contributed by atoms with van der Waals surface area (Å²) >= 11 is 0. The minimum Gasteiger partial charge on any atom is -0.444 e. The van der Waals surface area contributed by atoms with E-state index in [1.54, 1.807) is 4.90 Å². The van der Waals surface area contributed by atoms with Gasteiger partial charge in [0.1, 0.15) is 17.7 Å². The molecule has 0 bridgehead atoms. The Labute approximate surface area is 306 Å². The van der Waals surface area contributed by atoms with E-state index in [1.165, 1.54) is 5.06 Å². The summed E-state index contributed by atoms with van der Waals surface area (Å²) in [6.45, 7) is 21.6. The predicted molar refractivity (Wildman–Crippen MR) is 200 cm³/mol. The first-order chi connectivity index (χ1) is 23.6. The fourth-order valence-corrected chi connectivity index (χ4v) is 7.49. The Bertz CT molecular complexity index is 1350. The summed E-state index contributed by atoms with van der Waals surface area (Å²) < 4.78 is 5.51. The molecule has 1 aromatic rings. The lowest BCUT2D eigenvalue weighted by Gasteiger charge is -2.51. The molecular formula is C40H65N5O6. The van der Waals surface area contributed by atoms with Crippen LogP contribution in [0, 0.1) is 17.8 Å². The van der Waals surface area contributed by atoms with Crippen molar-refractivity contribution in [3.63, 3.8) is 0 Å². The number of amides is 4. The maximum absolute atomic E-state index is 14.4. The van der Waals surface area contributed by atoms with Crippen molar-refractivity contribution in [2.75, 3.05) is 6.54 Å². The smallest absolute Gasteiger partial charge is 0.408 e. The van der Waals surface area contributed by atoms with Gasteiger partial charge in [0.25, 0.3) is 0 Å². The summed E-state index contributed by atoms with van der Waals surface area (Å²) in [5, 5.41) is 21.2. The van der Waals surface area contributed by atoms with E-state index in [2.05, 4.69) is 29.8 Å². The average molecular weight is 712 g/mol. The number of carbonyl (C=O) groups is 4. The van der Waals surface area contributed by atoms with Crippen LogP contribution in [0.1, 0.15) is 114 Å². The summed E-state index contributed by atoms with van der Waals surface area (Å²) in [5.41, 5.74) is -0.733. The second-order valence-corrected chi connectivity index (χ2v) is 17.5. The number of rotatable bonds is 13. The van der Waals surface area contributed by atoms with Crippen LogP contribution in [-0.4, -0.2) is 86.4 Å². The zero-order valence-electron chi connectivity index (χ0n) is 32.9. The second kappa shape index (κ2) is 17.4. The van der Waals surface area contributed by atoms with Gasteiger partial charge in [-0.15, -0.1) is 0 Å². The zero-order chi connectivity index (χ0) is 38.3. The fourth-order valence-electron chi connectivity index (χ4n) is 7.49. The van der Waals surface area contributed by atoms with Crippen molar-refractivity contribution in [2.24, 2.45) is 17.8 Å². The Kier molecular flexibility index (Phi) is 14.3. The SMILES string of the molecule is CC(C)C[C@H](/C=C/[C@@H](Cc1ccccc1)C(=O)N1CCC[C@H]1C(=O)N[C@@H](C(=O)NC1CC(C)(C)N(O)C(C)(C)C1)C(C)C)NC(=O)OC(C)(C)C. The van der Waals surface area contributed by atoms with E-state index < -0.39 is 40.8 Å². The van der Waals surface area contributed by atoms with Gasteiger partial charge in [-0.3, -0.25) is 14.4 Å². The molecule has 0 aromatic heterocycles. The van der Waals surface area contributed by atoms with Crippen molar-refractivity contribution >= 4 is 23.8 Å². The molecule has 0 aliphatic carbocycles. The van der Waals surface area contributed by atoms with Crippen molar-refractivity contribution in [1.29, 1.82) is 0 Å². The number of alkyl carbamates (subject to hydrolysis) is 1. The first kappa shape index (κ1) is 42.0. The third kappa shape index (κ3) is 12.3. The van der Waals surface area contributed by atoms with Crippen LogP contribution in [0.15, 0.2) is 42.5 Å². The van der Waals surface area contributed by atoms with Crippen LogP contribution in [0.2, 0.25) is 0 Å². The average Bonchev–Trinajstić information content (AvgIpc) is 3.49. The Morgan fingerprint density at radius 2 is 1.57 bits per heavy atom. The van der Waals surface area contributed by atoms with E-state index in [9.17, 15) is 24.4 Å². The number of likely N-dealkylation sites (tertiary alicyclic amines) is 1. The minimum absolute atomic E-state index is 0.168. The fraction of sp³-hybridized carbons (Fsp3) is 0.700. The molecular weight excluding hydrogens is 646 g/mol. The molecule has 2 aliphatic heterocycles. The number of benzene rings is 1. The van der Waals surface area contributed by atoms with Gasteiger partial charge in [0.05, 0.1) is 12.0 Å². The number of nitrogens with zero attached hydrogens (tertiary/aromatic N) is 2. The first-order valence-corrected chi connectivity index (χ1v) is 18.7. The molecule has 0 unspecified atom stereocenters. The molecule has 3 rings (SSSR count). The standard InChI is InChI=1S/C40H65N5O6/c1-26(2)22-30(42-37(49)51-38(5,6)7)20-19-29(23-28-16-13-12-14-17-28)36(48)44-21-15-18-32(44)34(46)43-33(27(3)4)35(47)41-31-24-39(8,9)45(50)40(10,11)25-31/h12-14,16-17,19-20,26-27,29-33,50H,15,18,21-25H2,1-11H3,(H,41,47)(H,42,49)(H,43,46)/b20-19+/t29-,30-,32-,33+/m0/s1. The van der Waals surface area contributed by atoms with Gasteiger partial charge in [-0.05, 0) is 104 Å². The van der Waals surface area contributed by atoms with Crippen LogP contribution >= 0.6 is 0 Å². The highest BCUT2D eigenvalue weighted by atomic mass is 16.6. The molecule has 0 saturated carbocycles. The van der Waals surface area contributed by atoms with Crippen LogP contribution in [-0.2, 0) is 25.5 Å². The Morgan fingerprint density at radius 1 is 0.961 bits per heavy atom. The molecule has 51 heavy (non-hydrogen) atoms. The van der Waals surface area contributed by atoms with Gasteiger partial charge in [0.2, 0.25) is 17.7 Å².